The van der Waals surface area contributed by atoms with Crippen LogP contribution >= 0.6 is 0 Å². The Morgan fingerprint density at radius 3 is 2.49 bits per heavy atom. The lowest BCUT2D eigenvalue weighted by atomic mass is 9.99. The summed E-state index contributed by atoms with van der Waals surface area (Å²) in [5.41, 5.74) is 3.24. The van der Waals surface area contributed by atoms with Gasteiger partial charge in [-0.2, -0.15) is 10.2 Å². The SMILES string of the molecule is COc1ccc(-c2ccc(=O)n(CCNC(=O)C3CN(c4cc(-n5nc(C)cc5C)ncn4)C3)n2)cc1. The van der Waals surface area contributed by atoms with Gasteiger partial charge in [-0.1, -0.05) is 0 Å². The highest BCUT2D eigenvalue weighted by atomic mass is 16.5. The van der Waals surface area contributed by atoms with Gasteiger partial charge in [0, 0.05) is 43.0 Å². The molecule has 0 saturated carbocycles. The first-order valence-corrected chi connectivity index (χ1v) is 12.0. The highest BCUT2D eigenvalue weighted by Crippen LogP contribution is 2.24. The first-order valence-electron chi connectivity index (χ1n) is 12.0. The van der Waals surface area contributed by atoms with Gasteiger partial charge in [0.15, 0.2) is 5.82 Å². The van der Waals surface area contributed by atoms with E-state index in [-0.39, 0.29) is 23.9 Å². The number of benzene rings is 1. The van der Waals surface area contributed by atoms with Gasteiger partial charge in [0.25, 0.3) is 5.56 Å². The lowest BCUT2D eigenvalue weighted by Crippen LogP contribution is -2.54. The maximum absolute atomic E-state index is 12.7. The zero-order chi connectivity index (χ0) is 25.9. The van der Waals surface area contributed by atoms with Crippen LogP contribution in [0.2, 0.25) is 0 Å². The molecule has 0 atom stereocenters. The smallest absolute Gasteiger partial charge is 0.266 e. The lowest BCUT2D eigenvalue weighted by Gasteiger charge is -2.39. The number of nitrogens with zero attached hydrogens (tertiary/aromatic N) is 7. The van der Waals surface area contributed by atoms with Crippen LogP contribution in [-0.4, -0.2) is 62.2 Å². The fourth-order valence-corrected chi connectivity index (χ4v) is 4.27. The molecule has 5 rings (SSSR count). The molecule has 1 fully saturated rings. The number of carbonyl (C=O) groups is 1. The van der Waals surface area contributed by atoms with Crippen LogP contribution in [0.4, 0.5) is 5.82 Å². The number of aryl methyl sites for hydroxylation is 2. The molecular weight excluding hydrogens is 472 g/mol. The molecule has 3 aromatic heterocycles. The summed E-state index contributed by atoms with van der Waals surface area (Å²) >= 11 is 0. The zero-order valence-corrected chi connectivity index (χ0v) is 21.0. The lowest BCUT2D eigenvalue weighted by molar-refractivity contribution is -0.125. The highest BCUT2D eigenvalue weighted by Gasteiger charge is 2.33. The van der Waals surface area contributed by atoms with Crippen molar-refractivity contribution in [3.05, 3.63) is 76.6 Å². The van der Waals surface area contributed by atoms with E-state index in [1.165, 1.54) is 17.1 Å². The van der Waals surface area contributed by atoms with Crippen LogP contribution in [0.25, 0.3) is 17.1 Å². The average Bonchev–Trinajstić information content (AvgIpc) is 3.22. The molecule has 4 heterocycles. The van der Waals surface area contributed by atoms with Gasteiger partial charge in [0.05, 0.1) is 31.0 Å². The third kappa shape index (κ3) is 5.20. The van der Waals surface area contributed by atoms with E-state index in [0.717, 1.165) is 28.5 Å². The fourth-order valence-electron chi connectivity index (χ4n) is 4.27. The second kappa shape index (κ2) is 10.2. The van der Waals surface area contributed by atoms with Crippen molar-refractivity contribution in [1.29, 1.82) is 0 Å². The van der Waals surface area contributed by atoms with Crippen molar-refractivity contribution in [2.45, 2.75) is 20.4 Å². The van der Waals surface area contributed by atoms with E-state index in [2.05, 4.69) is 25.5 Å². The Hall–Kier alpha value is -4.54. The van der Waals surface area contributed by atoms with Gasteiger partial charge in [0.1, 0.15) is 17.9 Å². The molecule has 1 aliphatic rings. The number of amides is 1. The second-order valence-electron chi connectivity index (χ2n) is 8.97. The normalized spacial score (nSPS) is 13.3. The highest BCUT2D eigenvalue weighted by molar-refractivity contribution is 5.81. The molecular formula is C26H28N8O3. The number of hydrogen-bond donors (Lipinski definition) is 1. The number of hydrogen-bond acceptors (Lipinski definition) is 8. The number of anilines is 1. The molecule has 1 aromatic carbocycles. The van der Waals surface area contributed by atoms with Crippen molar-refractivity contribution >= 4 is 11.7 Å². The standard InChI is InChI=1S/C26H28N8O3/c1-17-12-18(2)34(30-17)24-13-23(28-16-29-24)32-14-20(15-32)26(36)27-10-11-33-25(35)9-8-22(31-33)19-4-6-21(37-3)7-5-19/h4-9,12-13,16,20H,10-11,14-15H2,1-3H3,(H,27,36). The van der Waals surface area contributed by atoms with E-state index in [4.69, 9.17) is 4.74 Å². The molecule has 1 amide bonds. The Morgan fingerprint density at radius 1 is 1.03 bits per heavy atom. The molecule has 11 nitrogen and oxygen atoms in total. The van der Waals surface area contributed by atoms with E-state index in [0.29, 0.717) is 31.1 Å². The molecule has 1 aliphatic heterocycles. The Balaban J connectivity index is 1.14. The Labute approximate surface area is 213 Å². The molecule has 1 N–H and O–H groups in total. The third-order valence-electron chi connectivity index (χ3n) is 6.32. The number of ether oxygens (including phenoxy) is 1. The minimum absolute atomic E-state index is 0.0524. The van der Waals surface area contributed by atoms with Gasteiger partial charge in [0.2, 0.25) is 5.91 Å². The van der Waals surface area contributed by atoms with Crippen LogP contribution in [0.5, 0.6) is 5.75 Å². The largest absolute Gasteiger partial charge is 0.497 e. The number of aromatic nitrogens is 6. The number of methoxy groups -OCH3 is 1. The van der Waals surface area contributed by atoms with Crippen molar-refractivity contribution in [1.82, 2.24) is 34.8 Å². The first-order chi connectivity index (χ1) is 17.9. The van der Waals surface area contributed by atoms with E-state index in [1.54, 1.807) is 17.9 Å². The van der Waals surface area contributed by atoms with Crippen LogP contribution in [0.3, 0.4) is 0 Å². The van der Waals surface area contributed by atoms with Crippen LogP contribution in [0.15, 0.2) is 59.7 Å². The van der Waals surface area contributed by atoms with Crippen molar-refractivity contribution in [2.75, 3.05) is 31.6 Å². The summed E-state index contributed by atoms with van der Waals surface area (Å²) in [7, 11) is 1.61. The predicted molar refractivity (Wildman–Crippen MR) is 138 cm³/mol. The van der Waals surface area contributed by atoms with Crippen LogP contribution in [0.1, 0.15) is 11.4 Å². The molecule has 1 saturated heterocycles. The molecule has 0 radical (unpaired) electrons. The van der Waals surface area contributed by atoms with Crippen molar-refractivity contribution in [3.63, 3.8) is 0 Å². The number of carbonyl (C=O) groups excluding carboxylic acids is 1. The summed E-state index contributed by atoms with van der Waals surface area (Å²) in [4.78, 5) is 35.7. The third-order valence-corrected chi connectivity index (χ3v) is 6.32. The molecule has 0 unspecified atom stereocenters. The number of rotatable bonds is 8. The number of nitrogens with one attached hydrogen (secondary N) is 1. The van der Waals surface area contributed by atoms with Gasteiger partial charge in [-0.05, 0) is 50.2 Å². The van der Waals surface area contributed by atoms with Crippen LogP contribution in [0, 0.1) is 19.8 Å². The Bertz CT molecular complexity index is 1470. The minimum atomic E-state index is -0.219. The van der Waals surface area contributed by atoms with E-state index < -0.39 is 0 Å². The molecule has 37 heavy (non-hydrogen) atoms. The van der Waals surface area contributed by atoms with E-state index in [1.807, 2.05) is 55.1 Å². The topological polar surface area (TPSA) is 120 Å². The van der Waals surface area contributed by atoms with Crippen LogP contribution < -0.4 is 20.5 Å². The summed E-state index contributed by atoms with van der Waals surface area (Å²) in [6.45, 7) is 5.63. The summed E-state index contributed by atoms with van der Waals surface area (Å²) in [5.74, 6) is 1.99. The summed E-state index contributed by atoms with van der Waals surface area (Å²) in [6, 6.07) is 14.5. The zero-order valence-electron chi connectivity index (χ0n) is 21.0. The molecule has 190 valence electrons. The van der Waals surface area contributed by atoms with E-state index >= 15 is 0 Å². The van der Waals surface area contributed by atoms with Crippen molar-refractivity contribution < 1.29 is 9.53 Å². The summed E-state index contributed by atoms with van der Waals surface area (Å²) in [6.07, 6.45) is 1.51. The van der Waals surface area contributed by atoms with Crippen LogP contribution in [-0.2, 0) is 11.3 Å². The Morgan fingerprint density at radius 2 is 1.78 bits per heavy atom. The predicted octanol–water partition coefficient (Wildman–Crippen LogP) is 1.76. The van der Waals surface area contributed by atoms with E-state index in [9.17, 15) is 9.59 Å². The quantitative estimate of drug-likeness (QED) is 0.389. The molecule has 4 aromatic rings. The molecule has 0 bridgehead atoms. The molecule has 0 aliphatic carbocycles. The second-order valence-corrected chi connectivity index (χ2v) is 8.97. The monoisotopic (exact) mass is 500 g/mol. The maximum Gasteiger partial charge on any atom is 0.266 e. The van der Waals surface area contributed by atoms with Gasteiger partial charge < -0.3 is 15.0 Å². The molecule has 0 spiro atoms. The first kappa shape index (κ1) is 24.2. The van der Waals surface area contributed by atoms with Gasteiger partial charge in [-0.3, -0.25) is 9.59 Å². The summed E-state index contributed by atoms with van der Waals surface area (Å²) < 4.78 is 8.34. The van der Waals surface area contributed by atoms with Gasteiger partial charge in [-0.15, -0.1) is 0 Å². The Kier molecular flexibility index (Phi) is 6.67. The average molecular weight is 501 g/mol. The fraction of sp³-hybridized carbons (Fsp3) is 0.308. The maximum atomic E-state index is 12.7. The van der Waals surface area contributed by atoms with Crippen molar-refractivity contribution in [2.24, 2.45) is 5.92 Å². The molecule has 11 heteroatoms. The van der Waals surface area contributed by atoms with Crippen molar-refractivity contribution in [3.8, 4) is 22.8 Å². The minimum Gasteiger partial charge on any atom is -0.497 e. The van der Waals surface area contributed by atoms with Gasteiger partial charge in [-0.25, -0.2) is 19.3 Å². The van der Waals surface area contributed by atoms with Gasteiger partial charge >= 0.3 is 0 Å². The summed E-state index contributed by atoms with van der Waals surface area (Å²) in [5, 5.41) is 11.8.